The van der Waals surface area contributed by atoms with Crippen molar-refractivity contribution in [3.63, 3.8) is 0 Å². The van der Waals surface area contributed by atoms with E-state index in [0.29, 0.717) is 39.3 Å². The van der Waals surface area contributed by atoms with Crippen LogP contribution in [0.5, 0.6) is 0 Å². The Morgan fingerprint density at radius 2 is 2.04 bits per heavy atom. The minimum Gasteiger partial charge on any atom is -0.267 e. The van der Waals surface area contributed by atoms with E-state index in [-0.39, 0.29) is 12.1 Å². The number of pyridine rings is 1. The molecule has 0 saturated carbocycles. The third kappa shape index (κ3) is 3.74. The van der Waals surface area contributed by atoms with Crippen LogP contribution in [0.3, 0.4) is 0 Å². The molecule has 0 spiro atoms. The molecule has 0 aliphatic carbocycles. The van der Waals surface area contributed by atoms with Gasteiger partial charge in [0.1, 0.15) is 5.39 Å². The third-order valence-corrected chi connectivity index (χ3v) is 7.12. The van der Waals surface area contributed by atoms with Crippen molar-refractivity contribution in [3.05, 3.63) is 47.4 Å². The molecule has 0 bridgehead atoms. The molecule has 148 valence electrons. The maximum Gasteiger partial charge on any atom is 0.278 e. The van der Waals surface area contributed by atoms with Gasteiger partial charge < -0.3 is 0 Å². The fraction of sp³-hybridized carbons (Fsp3) is 0.333. The summed E-state index contributed by atoms with van der Waals surface area (Å²) in [5.41, 5.74) is 0.236. The van der Waals surface area contributed by atoms with Crippen LogP contribution >= 0.6 is 11.8 Å². The van der Waals surface area contributed by atoms with Crippen molar-refractivity contribution in [3.8, 4) is 5.82 Å². The lowest BCUT2D eigenvalue weighted by atomic mass is 10.4. The molecule has 3 aromatic rings. The topological polar surface area (TPSA) is 95.0 Å². The summed E-state index contributed by atoms with van der Waals surface area (Å²) in [5, 5.41) is 0.951. The van der Waals surface area contributed by atoms with Crippen LogP contribution < -0.4 is 5.56 Å². The number of hydrogen-bond acceptors (Lipinski definition) is 7. The highest BCUT2D eigenvalue weighted by molar-refractivity contribution is 7.98. The van der Waals surface area contributed by atoms with Gasteiger partial charge >= 0.3 is 0 Å². The largest absolute Gasteiger partial charge is 0.278 e. The minimum atomic E-state index is -2.35. The zero-order valence-electron chi connectivity index (χ0n) is 16.0. The minimum absolute atomic E-state index is 0.224. The van der Waals surface area contributed by atoms with Gasteiger partial charge in [-0.05, 0) is 18.4 Å². The molecule has 0 saturated heterocycles. The number of nitrogens with zero attached hydrogens (tertiary/aromatic N) is 6. The highest BCUT2D eigenvalue weighted by Gasteiger charge is 2.18. The number of hydrogen-bond donors (Lipinski definition) is 0. The summed E-state index contributed by atoms with van der Waals surface area (Å²) in [7, 11) is -2.35. The summed E-state index contributed by atoms with van der Waals surface area (Å²) in [6.07, 6.45) is 5.03. The number of aromatic nitrogens is 5. The maximum absolute atomic E-state index is 12.8. The van der Waals surface area contributed by atoms with Gasteiger partial charge in [0.05, 0.1) is 16.3 Å². The summed E-state index contributed by atoms with van der Waals surface area (Å²) >= 11 is 1.39. The lowest BCUT2D eigenvalue weighted by Gasteiger charge is -2.11. The summed E-state index contributed by atoms with van der Waals surface area (Å²) in [6, 6.07) is 5.24. The molecule has 3 rings (SSSR count). The normalized spacial score (nSPS) is 11.7. The zero-order chi connectivity index (χ0) is 20.3. The fourth-order valence-corrected chi connectivity index (χ4v) is 4.16. The Bertz CT molecular complexity index is 1190. The Balaban J connectivity index is 2.30. The van der Waals surface area contributed by atoms with Gasteiger partial charge in [0, 0.05) is 17.7 Å². The lowest BCUT2D eigenvalue weighted by Crippen LogP contribution is -2.22. The van der Waals surface area contributed by atoms with E-state index in [1.54, 1.807) is 29.0 Å². The summed E-state index contributed by atoms with van der Waals surface area (Å²) in [5.74, 6) is 1.74. The average Bonchev–Trinajstić information content (AvgIpc) is 2.99. The first-order valence-corrected chi connectivity index (χ1v) is 11.9. The van der Waals surface area contributed by atoms with Gasteiger partial charge in [0.25, 0.3) is 5.56 Å². The first-order valence-electron chi connectivity index (χ1n) is 8.79. The van der Waals surface area contributed by atoms with Crippen molar-refractivity contribution in [2.75, 3.05) is 17.8 Å². The van der Waals surface area contributed by atoms with Crippen LogP contribution in [0.15, 0.2) is 51.4 Å². The summed E-state index contributed by atoms with van der Waals surface area (Å²) in [6.45, 7) is 7.72. The molecule has 0 aromatic carbocycles. The van der Waals surface area contributed by atoms with E-state index in [0.717, 1.165) is 0 Å². The fourth-order valence-electron chi connectivity index (χ4n) is 2.72. The van der Waals surface area contributed by atoms with Gasteiger partial charge in [-0.3, -0.25) is 4.79 Å². The van der Waals surface area contributed by atoms with Crippen molar-refractivity contribution in [1.82, 2.24) is 24.3 Å². The van der Waals surface area contributed by atoms with E-state index in [1.165, 1.54) is 22.6 Å². The van der Waals surface area contributed by atoms with Crippen LogP contribution in [0.25, 0.3) is 16.9 Å². The maximum atomic E-state index is 12.8. The number of thioether (sulfide) groups is 1. The van der Waals surface area contributed by atoms with E-state index in [2.05, 4.69) is 25.9 Å². The van der Waals surface area contributed by atoms with E-state index >= 15 is 0 Å². The van der Waals surface area contributed by atoms with Gasteiger partial charge in [0.15, 0.2) is 22.4 Å². The summed E-state index contributed by atoms with van der Waals surface area (Å²) < 4.78 is 20.2. The van der Waals surface area contributed by atoms with Crippen molar-refractivity contribution >= 4 is 38.3 Å². The molecule has 0 fully saturated rings. The molecule has 0 radical (unpaired) electrons. The molecule has 0 aliphatic rings. The molecule has 10 heteroatoms. The standard InChI is InChI=1S/C18H22N6O2S2/c1-5-11-23-17(25)13-12-19-18(27-4)21-16(13)24(23)15-10-8-9-14(20-15)22-28(26,6-2)7-3/h5,8-10,12H,1,6-7,11H2,2-4H3. The van der Waals surface area contributed by atoms with Gasteiger partial charge in [-0.1, -0.05) is 37.8 Å². The van der Waals surface area contributed by atoms with E-state index < -0.39 is 9.73 Å². The Morgan fingerprint density at radius 3 is 2.68 bits per heavy atom. The van der Waals surface area contributed by atoms with E-state index in [4.69, 9.17) is 0 Å². The molecule has 28 heavy (non-hydrogen) atoms. The van der Waals surface area contributed by atoms with Gasteiger partial charge in [-0.25, -0.2) is 28.5 Å². The number of allylic oxidation sites excluding steroid dienone is 1. The Kier molecular flexibility index (Phi) is 5.99. The van der Waals surface area contributed by atoms with E-state index in [9.17, 15) is 9.00 Å². The highest BCUT2D eigenvalue weighted by Crippen LogP contribution is 2.20. The molecular weight excluding hydrogens is 396 g/mol. The quantitative estimate of drug-likeness (QED) is 0.332. The van der Waals surface area contributed by atoms with Crippen LogP contribution in [-0.2, 0) is 16.3 Å². The molecule has 0 N–H and O–H groups in total. The van der Waals surface area contributed by atoms with Gasteiger partial charge in [-0.2, -0.15) is 4.36 Å². The molecular formula is C18H22N6O2S2. The average molecular weight is 419 g/mol. The Hall–Kier alpha value is -2.46. The number of fused-ring (bicyclic) bond motifs is 1. The monoisotopic (exact) mass is 418 g/mol. The smallest absolute Gasteiger partial charge is 0.267 e. The predicted molar refractivity (Wildman–Crippen MR) is 114 cm³/mol. The second kappa shape index (κ2) is 8.27. The first kappa shape index (κ1) is 20.3. The molecule has 0 unspecified atom stereocenters. The third-order valence-electron chi connectivity index (χ3n) is 4.24. The predicted octanol–water partition coefficient (Wildman–Crippen LogP) is 3.02. The highest BCUT2D eigenvalue weighted by atomic mass is 32.2. The van der Waals surface area contributed by atoms with Crippen LogP contribution in [-0.4, -0.2) is 46.3 Å². The second-order valence-electron chi connectivity index (χ2n) is 5.88. The molecule has 3 aromatic heterocycles. The Morgan fingerprint density at radius 1 is 1.29 bits per heavy atom. The lowest BCUT2D eigenvalue weighted by molar-refractivity contribution is 0.596. The van der Waals surface area contributed by atoms with Crippen molar-refractivity contribution in [1.29, 1.82) is 0 Å². The van der Waals surface area contributed by atoms with Crippen molar-refractivity contribution < 1.29 is 4.21 Å². The van der Waals surface area contributed by atoms with Crippen LogP contribution in [0.1, 0.15) is 13.8 Å². The van der Waals surface area contributed by atoms with Gasteiger partial charge in [-0.15, -0.1) is 6.58 Å². The number of rotatable bonds is 7. The molecule has 3 heterocycles. The second-order valence-corrected chi connectivity index (χ2v) is 9.53. The van der Waals surface area contributed by atoms with Crippen LogP contribution in [0.2, 0.25) is 0 Å². The molecule has 0 atom stereocenters. The van der Waals surface area contributed by atoms with Gasteiger partial charge in [0.2, 0.25) is 0 Å². The first-order chi connectivity index (χ1) is 13.5. The molecule has 0 aliphatic heterocycles. The van der Waals surface area contributed by atoms with Crippen molar-refractivity contribution in [2.24, 2.45) is 4.36 Å². The van der Waals surface area contributed by atoms with Crippen LogP contribution in [0, 0.1) is 0 Å². The molecule has 8 nitrogen and oxygen atoms in total. The zero-order valence-corrected chi connectivity index (χ0v) is 17.7. The van der Waals surface area contributed by atoms with E-state index in [1.807, 2.05) is 20.1 Å². The molecule has 0 amide bonds. The van der Waals surface area contributed by atoms with Crippen molar-refractivity contribution in [2.45, 2.75) is 25.5 Å². The summed E-state index contributed by atoms with van der Waals surface area (Å²) in [4.78, 5) is 26.1. The SMILES string of the molecule is C=CCn1c(=O)c2cnc(SC)nc2n1-c1cccc(N=S(=O)(CC)CC)n1. The Labute approximate surface area is 167 Å². The van der Waals surface area contributed by atoms with Crippen LogP contribution in [0.4, 0.5) is 5.82 Å².